The fraction of sp³-hybridized carbons (Fsp3) is 0.250. The molecule has 0 radical (unpaired) electrons. The van der Waals surface area contributed by atoms with Gasteiger partial charge in [-0.25, -0.2) is 4.98 Å². The highest BCUT2D eigenvalue weighted by Crippen LogP contribution is 2.36. The van der Waals surface area contributed by atoms with Crippen LogP contribution in [0.1, 0.15) is 22.8 Å². The van der Waals surface area contributed by atoms with E-state index in [0.717, 1.165) is 13.3 Å². The van der Waals surface area contributed by atoms with Crippen LogP contribution in [0.3, 0.4) is 0 Å². The van der Waals surface area contributed by atoms with Crippen LogP contribution in [0, 0.1) is 0 Å². The maximum absolute atomic E-state index is 13.0. The molecule has 2 aromatic rings. The molecule has 6 nitrogen and oxygen atoms in total. The molecule has 2 N–H and O–H groups in total. The number of anilines is 1. The molecular formula is C16H15F3N2O4. The number of halogens is 3. The van der Waals surface area contributed by atoms with Crippen LogP contribution in [0.2, 0.25) is 0 Å². The van der Waals surface area contributed by atoms with E-state index in [9.17, 15) is 23.1 Å². The van der Waals surface area contributed by atoms with Gasteiger partial charge in [-0.2, -0.15) is 13.2 Å². The van der Waals surface area contributed by atoms with Crippen LogP contribution < -0.4 is 14.8 Å². The Morgan fingerprint density at radius 2 is 2.08 bits per heavy atom. The summed E-state index contributed by atoms with van der Waals surface area (Å²) >= 11 is 0. The van der Waals surface area contributed by atoms with Gasteiger partial charge in [-0.1, -0.05) is 6.07 Å². The van der Waals surface area contributed by atoms with Crippen molar-refractivity contribution in [3.63, 3.8) is 0 Å². The number of hydrogen-bond acceptors (Lipinski definition) is 5. The number of phenols is 1. The Kier molecular flexibility index (Phi) is 5.35. The van der Waals surface area contributed by atoms with E-state index in [-0.39, 0.29) is 29.4 Å². The van der Waals surface area contributed by atoms with Gasteiger partial charge < -0.3 is 19.9 Å². The number of aromatic hydroxyl groups is 1. The number of benzene rings is 1. The maximum atomic E-state index is 13.0. The average molecular weight is 356 g/mol. The third-order valence-electron chi connectivity index (χ3n) is 3.14. The number of methoxy groups -OCH3 is 1. The van der Waals surface area contributed by atoms with Crippen molar-refractivity contribution < 1.29 is 32.5 Å². The van der Waals surface area contributed by atoms with E-state index in [1.54, 1.807) is 6.92 Å². The van der Waals surface area contributed by atoms with Crippen molar-refractivity contribution in [1.29, 1.82) is 0 Å². The van der Waals surface area contributed by atoms with Crippen LogP contribution in [-0.2, 0) is 6.18 Å². The molecule has 0 aliphatic rings. The summed E-state index contributed by atoms with van der Waals surface area (Å²) in [5.41, 5.74) is -1.52. The molecule has 0 bridgehead atoms. The number of ether oxygens (including phenoxy) is 2. The van der Waals surface area contributed by atoms with E-state index in [4.69, 9.17) is 4.74 Å². The summed E-state index contributed by atoms with van der Waals surface area (Å²) in [6, 6.07) is 4.91. The normalized spacial score (nSPS) is 11.1. The molecule has 0 atom stereocenters. The van der Waals surface area contributed by atoms with Crippen LogP contribution in [-0.4, -0.2) is 29.7 Å². The molecule has 0 aliphatic heterocycles. The second kappa shape index (κ2) is 7.29. The van der Waals surface area contributed by atoms with Crippen molar-refractivity contribution in [1.82, 2.24) is 4.98 Å². The van der Waals surface area contributed by atoms with Gasteiger partial charge >= 0.3 is 6.18 Å². The highest BCUT2D eigenvalue weighted by Gasteiger charge is 2.35. The summed E-state index contributed by atoms with van der Waals surface area (Å²) in [5.74, 6) is -1.69. The van der Waals surface area contributed by atoms with Crippen molar-refractivity contribution in [3.05, 3.63) is 41.6 Å². The van der Waals surface area contributed by atoms with E-state index in [2.05, 4.69) is 15.0 Å². The van der Waals surface area contributed by atoms with Gasteiger partial charge in [0.2, 0.25) is 5.88 Å². The van der Waals surface area contributed by atoms with Gasteiger partial charge in [0.25, 0.3) is 5.91 Å². The molecule has 9 heteroatoms. The van der Waals surface area contributed by atoms with E-state index in [0.29, 0.717) is 6.07 Å². The summed E-state index contributed by atoms with van der Waals surface area (Å²) in [6.45, 7) is 1.93. The first kappa shape index (κ1) is 18.4. The van der Waals surface area contributed by atoms with Crippen LogP contribution in [0.4, 0.5) is 18.9 Å². The van der Waals surface area contributed by atoms with Gasteiger partial charge in [-0.3, -0.25) is 4.79 Å². The summed E-state index contributed by atoms with van der Waals surface area (Å²) < 4.78 is 48.9. The molecule has 0 unspecified atom stereocenters. The summed E-state index contributed by atoms with van der Waals surface area (Å²) in [6.07, 6.45) is -3.68. The van der Waals surface area contributed by atoms with Crippen molar-refractivity contribution in [3.8, 4) is 17.4 Å². The van der Waals surface area contributed by atoms with Crippen LogP contribution in [0.15, 0.2) is 30.5 Å². The zero-order chi connectivity index (χ0) is 18.6. The Morgan fingerprint density at radius 3 is 2.68 bits per heavy atom. The molecule has 134 valence electrons. The fourth-order valence-electron chi connectivity index (χ4n) is 2.10. The van der Waals surface area contributed by atoms with E-state index in [1.165, 1.54) is 18.2 Å². The summed E-state index contributed by atoms with van der Waals surface area (Å²) in [5, 5.41) is 12.1. The third kappa shape index (κ3) is 4.11. The third-order valence-corrected chi connectivity index (χ3v) is 3.14. The first-order chi connectivity index (χ1) is 11.8. The van der Waals surface area contributed by atoms with Gasteiger partial charge in [0.05, 0.1) is 25.6 Å². The number of phenolic OH excluding ortho intramolecular Hbond substituents is 1. The standard InChI is InChI=1S/C16H15F3N2O4/c1-3-25-12-6-4-5-11(22)13(12)14(23)21-9-7-10(16(17,18)19)15(24-2)20-8-9/h4-8,22H,3H2,1-2H3,(H,21,23). The molecule has 0 saturated heterocycles. The molecule has 1 aromatic heterocycles. The number of aromatic nitrogens is 1. The number of carbonyl (C=O) groups excluding carboxylic acids is 1. The molecule has 2 rings (SSSR count). The number of carbonyl (C=O) groups is 1. The lowest BCUT2D eigenvalue weighted by molar-refractivity contribution is -0.139. The summed E-state index contributed by atoms with van der Waals surface area (Å²) in [7, 11) is 1.06. The predicted octanol–water partition coefficient (Wildman–Crippen LogP) is 3.47. The molecule has 0 saturated carbocycles. The van der Waals surface area contributed by atoms with Crippen molar-refractivity contribution in [2.24, 2.45) is 0 Å². The lowest BCUT2D eigenvalue weighted by Crippen LogP contribution is -2.16. The van der Waals surface area contributed by atoms with Crippen LogP contribution in [0.25, 0.3) is 0 Å². The Hall–Kier alpha value is -2.97. The quantitative estimate of drug-likeness (QED) is 0.857. The highest BCUT2D eigenvalue weighted by atomic mass is 19.4. The number of nitrogens with one attached hydrogen (secondary N) is 1. The van der Waals surface area contributed by atoms with E-state index >= 15 is 0 Å². The Balaban J connectivity index is 2.36. The zero-order valence-corrected chi connectivity index (χ0v) is 13.3. The number of nitrogens with zero attached hydrogens (tertiary/aromatic N) is 1. The van der Waals surface area contributed by atoms with Crippen LogP contribution in [0.5, 0.6) is 17.4 Å². The number of alkyl halides is 3. The average Bonchev–Trinajstić information content (AvgIpc) is 2.54. The largest absolute Gasteiger partial charge is 0.507 e. The first-order valence-corrected chi connectivity index (χ1v) is 7.15. The van der Waals surface area contributed by atoms with Gasteiger partial charge in [0.15, 0.2) is 0 Å². The lowest BCUT2D eigenvalue weighted by atomic mass is 10.1. The fourth-order valence-corrected chi connectivity index (χ4v) is 2.10. The molecule has 0 aliphatic carbocycles. The second-order valence-electron chi connectivity index (χ2n) is 4.82. The number of hydrogen-bond donors (Lipinski definition) is 2. The second-order valence-corrected chi connectivity index (χ2v) is 4.82. The zero-order valence-electron chi connectivity index (χ0n) is 13.3. The van der Waals surface area contributed by atoms with Gasteiger partial charge in [0.1, 0.15) is 22.6 Å². The van der Waals surface area contributed by atoms with E-state index < -0.39 is 23.5 Å². The minimum Gasteiger partial charge on any atom is -0.507 e. The highest BCUT2D eigenvalue weighted by molar-refractivity contribution is 6.08. The lowest BCUT2D eigenvalue weighted by Gasteiger charge is -2.14. The van der Waals surface area contributed by atoms with Crippen molar-refractivity contribution in [2.45, 2.75) is 13.1 Å². The van der Waals surface area contributed by atoms with E-state index in [1.807, 2.05) is 0 Å². The van der Waals surface area contributed by atoms with Crippen LogP contribution >= 0.6 is 0 Å². The minimum absolute atomic E-state index is 0.109. The van der Waals surface area contributed by atoms with Gasteiger partial charge in [-0.05, 0) is 25.1 Å². The Bertz CT molecular complexity index is 778. The predicted molar refractivity (Wildman–Crippen MR) is 83.0 cm³/mol. The topological polar surface area (TPSA) is 80.7 Å². The number of pyridine rings is 1. The van der Waals surface area contributed by atoms with Gasteiger partial charge in [0, 0.05) is 0 Å². The summed E-state index contributed by atoms with van der Waals surface area (Å²) in [4.78, 5) is 15.9. The molecule has 1 amide bonds. The van der Waals surface area contributed by atoms with Crippen molar-refractivity contribution in [2.75, 3.05) is 19.0 Å². The molecular weight excluding hydrogens is 341 g/mol. The molecule has 25 heavy (non-hydrogen) atoms. The number of rotatable bonds is 5. The first-order valence-electron chi connectivity index (χ1n) is 7.15. The Morgan fingerprint density at radius 1 is 1.36 bits per heavy atom. The molecule has 1 aromatic carbocycles. The molecule has 0 fully saturated rings. The van der Waals surface area contributed by atoms with Crippen molar-refractivity contribution >= 4 is 11.6 Å². The number of amides is 1. The minimum atomic E-state index is -4.70. The van der Waals surface area contributed by atoms with Gasteiger partial charge in [-0.15, -0.1) is 0 Å². The molecule has 0 spiro atoms. The molecule has 1 heterocycles. The Labute approximate surface area is 141 Å². The maximum Gasteiger partial charge on any atom is 0.421 e. The SMILES string of the molecule is CCOc1cccc(O)c1C(=O)Nc1cnc(OC)c(C(F)(F)F)c1. The smallest absolute Gasteiger partial charge is 0.421 e. The monoisotopic (exact) mass is 356 g/mol.